The van der Waals surface area contributed by atoms with Gasteiger partial charge in [-0.25, -0.2) is 4.98 Å². The molecular weight excluding hydrogens is 214 g/mol. The van der Waals surface area contributed by atoms with Crippen molar-refractivity contribution in [2.45, 2.75) is 26.8 Å². The van der Waals surface area contributed by atoms with Gasteiger partial charge in [0.05, 0.1) is 6.61 Å². The van der Waals surface area contributed by atoms with E-state index in [0.717, 1.165) is 25.3 Å². The van der Waals surface area contributed by atoms with Gasteiger partial charge in [-0.1, -0.05) is 6.92 Å². The van der Waals surface area contributed by atoms with E-state index in [1.807, 2.05) is 13.2 Å². The van der Waals surface area contributed by atoms with Crippen molar-refractivity contribution in [3.05, 3.63) is 23.4 Å². The smallest absolute Gasteiger partial charge is 0.131 e. The molecule has 96 valence electrons. The molecule has 4 heteroatoms. The predicted molar refractivity (Wildman–Crippen MR) is 71.3 cm³/mol. The maximum absolute atomic E-state index is 9.07. The highest BCUT2D eigenvalue weighted by Crippen LogP contribution is 2.18. The molecule has 0 spiro atoms. The Bertz CT molecular complexity index is 335. The summed E-state index contributed by atoms with van der Waals surface area (Å²) in [6.07, 6.45) is 2.96. The van der Waals surface area contributed by atoms with E-state index >= 15 is 0 Å². The first-order valence-corrected chi connectivity index (χ1v) is 6.18. The molecule has 17 heavy (non-hydrogen) atoms. The number of rotatable bonds is 7. The van der Waals surface area contributed by atoms with Crippen LogP contribution in [0.4, 0.5) is 5.82 Å². The van der Waals surface area contributed by atoms with Gasteiger partial charge in [0.15, 0.2) is 0 Å². The summed E-state index contributed by atoms with van der Waals surface area (Å²) in [5.41, 5.74) is 2.36. The van der Waals surface area contributed by atoms with Crippen molar-refractivity contribution in [2.24, 2.45) is 0 Å². The Labute approximate surface area is 104 Å². The van der Waals surface area contributed by atoms with Crippen LogP contribution in [0.5, 0.6) is 0 Å². The largest absolute Gasteiger partial charge is 0.395 e. The van der Waals surface area contributed by atoms with E-state index < -0.39 is 0 Å². The fraction of sp³-hybridized carbons (Fsp3) is 0.615. The van der Waals surface area contributed by atoms with Crippen molar-refractivity contribution < 1.29 is 5.11 Å². The summed E-state index contributed by atoms with van der Waals surface area (Å²) in [6.45, 7) is 6.78. The molecule has 0 aliphatic carbocycles. The van der Waals surface area contributed by atoms with Crippen LogP contribution in [-0.2, 0) is 6.54 Å². The molecule has 0 saturated heterocycles. The number of nitrogens with one attached hydrogen (secondary N) is 1. The lowest BCUT2D eigenvalue weighted by Gasteiger charge is -2.24. The third kappa shape index (κ3) is 3.98. The third-order valence-corrected chi connectivity index (χ3v) is 2.65. The van der Waals surface area contributed by atoms with Gasteiger partial charge >= 0.3 is 0 Å². The average Bonchev–Trinajstić information content (AvgIpc) is 2.29. The zero-order valence-electron chi connectivity index (χ0n) is 11.0. The molecule has 1 aromatic rings. The number of anilines is 1. The van der Waals surface area contributed by atoms with Gasteiger partial charge in [0.1, 0.15) is 5.82 Å². The zero-order valence-corrected chi connectivity index (χ0v) is 11.0. The normalized spacial score (nSPS) is 10.6. The molecule has 1 aromatic heterocycles. The second-order valence-electron chi connectivity index (χ2n) is 4.23. The van der Waals surface area contributed by atoms with E-state index in [-0.39, 0.29) is 6.61 Å². The van der Waals surface area contributed by atoms with Crippen molar-refractivity contribution in [1.82, 2.24) is 10.3 Å². The molecule has 0 saturated carbocycles. The Morgan fingerprint density at radius 2 is 2.18 bits per heavy atom. The molecule has 0 aromatic carbocycles. The highest BCUT2D eigenvalue weighted by atomic mass is 16.3. The zero-order chi connectivity index (χ0) is 12.7. The van der Waals surface area contributed by atoms with Crippen LogP contribution < -0.4 is 10.2 Å². The number of aliphatic hydroxyl groups is 1. The van der Waals surface area contributed by atoms with Gasteiger partial charge < -0.3 is 15.3 Å². The topological polar surface area (TPSA) is 48.4 Å². The van der Waals surface area contributed by atoms with Crippen molar-refractivity contribution in [1.29, 1.82) is 0 Å². The number of aromatic nitrogens is 1. The van der Waals surface area contributed by atoms with E-state index in [2.05, 4.69) is 35.1 Å². The number of hydrogen-bond donors (Lipinski definition) is 2. The molecule has 1 rings (SSSR count). The Hall–Kier alpha value is -1.13. The fourth-order valence-corrected chi connectivity index (χ4v) is 1.97. The number of aliphatic hydroxyl groups excluding tert-OH is 1. The minimum atomic E-state index is 0.166. The maximum Gasteiger partial charge on any atom is 0.131 e. The molecule has 0 radical (unpaired) electrons. The Kier molecular flexibility index (Phi) is 5.94. The molecule has 0 atom stereocenters. The lowest BCUT2D eigenvalue weighted by atomic mass is 10.2. The molecule has 0 unspecified atom stereocenters. The van der Waals surface area contributed by atoms with Crippen LogP contribution in [0.15, 0.2) is 12.3 Å². The van der Waals surface area contributed by atoms with Crippen molar-refractivity contribution in [2.75, 3.05) is 31.6 Å². The minimum Gasteiger partial charge on any atom is -0.395 e. The number of pyridine rings is 1. The first kappa shape index (κ1) is 13.9. The van der Waals surface area contributed by atoms with Crippen molar-refractivity contribution >= 4 is 5.82 Å². The van der Waals surface area contributed by atoms with Gasteiger partial charge in [-0.15, -0.1) is 0 Å². The molecule has 4 nitrogen and oxygen atoms in total. The van der Waals surface area contributed by atoms with Crippen molar-refractivity contribution in [3.63, 3.8) is 0 Å². The summed E-state index contributed by atoms with van der Waals surface area (Å²) < 4.78 is 0. The van der Waals surface area contributed by atoms with Crippen LogP contribution in [0.2, 0.25) is 0 Å². The Morgan fingerprint density at radius 3 is 2.71 bits per heavy atom. The summed E-state index contributed by atoms with van der Waals surface area (Å²) in [7, 11) is 1.93. The van der Waals surface area contributed by atoms with E-state index in [4.69, 9.17) is 5.11 Å². The van der Waals surface area contributed by atoms with E-state index in [1.54, 1.807) is 0 Å². The van der Waals surface area contributed by atoms with Crippen LogP contribution in [0.25, 0.3) is 0 Å². The summed E-state index contributed by atoms with van der Waals surface area (Å²) >= 11 is 0. The van der Waals surface area contributed by atoms with Gasteiger partial charge in [-0.3, -0.25) is 0 Å². The lowest BCUT2D eigenvalue weighted by molar-refractivity contribution is 0.301. The van der Waals surface area contributed by atoms with Gasteiger partial charge in [-0.2, -0.15) is 0 Å². The minimum absolute atomic E-state index is 0.166. The Balaban J connectivity index is 2.87. The van der Waals surface area contributed by atoms with Gasteiger partial charge in [0, 0.05) is 25.8 Å². The van der Waals surface area contributed by atoms with Crippen molar-refractivity contribution in [3.8, 4) is 0 Å². The number of nitrogens with zero attached hydrogens (tertiary/aromatic N) is 2. The summed E-state index contributed by atoms with van der Waals surface area (Å²) in [4.78, 5) is 6.65. The van der Waals surface area contributed by atoms with Crippen LogP contribution in [0.1, 0.15) is 24.5 Å². The van der Waals surface area contributed by atoms with Crippen LogP contribution in [0.3, 0.4) is 0 Å². The van der Waals surface area contributed by atoms with Gasteiger partial charge in [-0.05, 0) is 37.6 Å². The summed E-state index contributed by atoms with van der Waals surface area (Å²) in [5, 5.41) is 12.2. The predicted octanol–water partition coefficient (Wildman–Crippen LogP) is 1.32. The molecule has 0 aliphatic rings. The monoisotopic (exact) mass is 237 g/mol. The highest BCUT2D eigenvalue weighted by Gasteiger charge is 2.09. The Morgan fingerprint density at radius 1 is 1.41 bits per heavy atom. The highest BCUT2D eigenvalue weighted by molar-refractivity contribution is 5.47. The fourth-order valence-electron chi connectivity index (χ4n) is 1.97. The molecule has 0 fully saturated rings. The van der Waals surface area contributed by atoms with Crippen LogP contribution in [0, 0.1) is 6.92 Å². The summed E-state index contributed by atoms with van der Waals surface area (Å²) in [6, 6.07) is 2.15. The molecule has 0 amide bonds. The van der Waals surface area contributed by atoms with Crippen LogP contribution >= 0.6 is 0 Å². The van der Waals surface area contributed by atoms with Gasteiger partial charge in [0.25, 0.3) is 0 Å². The molecule has 2 N–H and O–H groups in total. The first-order valence-electron chi connectivity index (χ1n) is 6.18. The maximum atomic E-state index is 9.07. The second-order valence-corrected chi connectivity index (χ2v) is 4.23. The molecule has 0 bridgehead atoms. The quantitative estimate of drug-likeness (QED) is 0.751. The summed E-state index contributed by atoms with van der Waals surface area (Å²) in [5.74, 6) is 0.987. The van der Waals surface area contributed by atoms with E-state index in [1.165, 1.54) is 11.1 Å². The van der Waals surface area contributed by atoms with Crippen LogP contribution in [-0.4, -0.2) is 36.8 Å². The van der Waals surface area contributed by atoms with Gasteiger partial charge in [0.2, 0.25) is 0 Å². The van der Waals surface area contributed by atoms with E-state index in [9.17, 15) is 0 Å². The molecule has 0 aliphatic heterocycles. The number of hydrogen-bond acceptors (Lipinski definition) is 4. The molecular formula is C13H23N3O. The standard InChI is InChI=1S/C13H23N3O/c1-4-5-16(6-7-17)13-11(2)8-12(9-14-3)10-15-13/h8,10,14,17H,4-7,9H2,1-3H3. The first-order chi connectivity index (χ1) is 8.22. The third-order valence-electron chi connectivity index (χ3n) is 2.65. The molecule has 1 heterocycles. The SMILES string of the molecule is CCCN(CCO)c1ncc(CNC)cc1C. The number of aryl methyl sites for hydroxylation is 1. The lowest BCUT2D eigenvalue weighted by Crippen LogP contribution is -2.29. The second kappa shape index (κ2) is 7.25. The van der Waals surface area contributed by atoms with E-state index in [0.29, 0.717) is 6.54 Å². The average molecular weight is 237 g/mol.